The summed E-state index contributed by atoms with van der Waals surface area (Å²) in [5.41, 5.74) is 1.77. The molecule has 1 aromatic carbocycles. The zero-order valence-electron chi connectivity index (χ0n) is 10.5. The van der Waals surface area contributed by atoms with E-state index in [0.29, 0.717) is 18.1 Å². The van der Waals surface area contributed by atoms with Gasteiger partial charge in [-0.3, -0.25) is 4.79 Å². The molecule has 2 aromatic rings. The Labute approximate surface area is 125 Å². The molecule has 100 valence electrons. The molecule has 3 nitrogen and oxygen atoms in total. The second-order valence-corrected chi connectivity index (χ2v) is 5.63. The van der Waals surface area contributed by atoms with Crippen LogP contribution < -0.4 is 10.9 Å². The fourth-order valence-electron chi connectivity index (χ4n) is 1.79. The maximum atomic E-state index is 11.9. The van der Waals surface area contributed by atoms with Gasteiger partial charge in [0.2, 0.25) is 0 Å². The van der Waals surface area contributed by atoms with Crippen LogP contribution in [0.3, 0.4) is 0 Å². The van der Waals surface area contributed by atoms with E-state index in [4.69, 9.17) is 11.6 Å². The largest absolute Gasteiger partial charge is 0.383 e. The Kier molecular flexibility index (Phi) is 4.66. The van der Waals surface area contributed by atoms with Crippen LogP contribution in [0.4, 0.5) is 5.69 Å². The standard InChI is InChI=1S/C14H14BrClN2O/c1-10-8-11(15)9-18(14(10)19)7-6-17-13-4-2-12(16)3-5-13/h2-5,8-9,17H,6-7H2,1H3. The van der Waals surface area contributed by atoms with Crippen LogP contribution in [0.5, 0.6) is 0 Å². The van der Waals surface area contributed by atoms with Crippen LogP contribution in [0.25, 0.3) is 0 Å². The zero-order chi connectivity index (χ0) is 13.8. The van der Waals surface area contributed by atoms with E-state index in [1.165, 1.54) is 0 Å². The van der Waals surface area contributed by atoms with E-state index >= 15 is 0 Å². The first kappa shape index (κ1) is 14.2. The van der Waals surface area contributed by atoms with E-state index in [9.17, 15) is 4.79 Å². The number of anilines is 1. The highest BCUT2D eigenvalue weighted by Crippen LogP contribution is 2.13. The molecule has 5 heteroatoms. The van der Waals surface area contributed by atoms with Crippen LogP contribution in [0.15, 0.2) is 45.8 Å². The summed E-state index contributed by atoms with van der Waals surface area (Å²) in [6, 6.07) is 9.32. The third kappa shape index (κ3) is 3.85. The van der Waals surface area contributed by atoms with Crippen molar-refractivity contribution >= 4 is 33.2 Å². The van der Waals surface area contributed by atoms with Gasteiger partial charge < -0.3 is 9.88 Å². The van der Waals surface area contributed by atoms with Crippen LogP contribution in [-0.2, 0) is 6.54 Å². The molecule has 1 N–H and O–H groups in total. The number of aromatic nitrogens is 1. The Morgan fingerprint density at radius 2 is 2.00 bits per heavy atom. The predicted molar refractivity (Wildman–Crippen MR) is 83.1 cm³/mol. The van der Waals surface area contributed by atoms with E-state index in [1.54, 1.807) is 10.8 Å². The van der Waals surface area contributed by atoms with Gasteiger partial charge >= 0.3 is 0 Å². The molecular formula is C14H14BrClN2O. The molecule has 0 aliphatic carbocycles. The summed E-state index contributed by atoms with van der Waals surface area (Å²) >= 11 is 9.22. The van der Waals surface area contributed by atoms with Gasteiger partial charge in [0, 0.05) is 40.0 Å². The van der Waals surface area contributed by atoms with Gasteiger partial charge in [0.05, 0.1) is 0 Å². The maximum absolute atomic E-state index is 11.9. The van der Waals surface area contributed by atoms with Crippen molar-refractivity contribution in [2.75, 3.05) is 11.9 Å². The summed E-state index contributed by atoms with van der Waals surface area (Å²) in [5.74, 6) is 0. The van der Waals surface area contributed by atoms with Crippen molar-refractivity contribution in [3.63, 3.8) is 0 Å². The number of benzene rings is 1. The SMILES string of the molecule is Cc1cc(Br)cn(CCNc2ccc(Cl)cc2)c1=O. The van der Waals surface area contributed by atoms with Crippen LogP contribution in [-0.4, -0.2) is 11.1 Å². The topological polar surface area (TPSA) is 34.0 Å². The van der Waals surface area contributed by atoms with Crippen molar-refractivity contribution in [1.82, 2.24) is 4.57 Å². The molecule has 2 rings (SSSR count). The number of rotatable bonds is 4. The highest BCUT2D eigenvalue weighted by molar-refractivity contribution is 9.10. The minimum atomic E-state index is 0.0427. The van der Waals surface area contributed by atoms with Crippen molar-refractivity contribution < 1.29 is 0 Å². The van der Waals surface area contributed by atoms with Gasteiger partial charge in [-0.05, 0) is 53.2 Å². The number of hydrogen-bond donors (Lipinski definition) is 1. The Balaban J connectivity index is 2.00. The molecule has 0 aliphatic heterocycles. The second kappa shape index (κ2) is 6.26. The van der Waals surface area contributed by atoms with Crippen molar-refractivity contribution in [2.45, 2.75) is 13.5 Å². The van der Waals surface area contributed by atoms with Gasteiger partial charge in [0.1, 0.15) is 0 Å². The van der Waals surface area contributed by atoms with Gasteiger partial charge in [0.15, 0.2) is 0 Å². The molecule has 0 radical (unpaired) electrons. The van der Waals surface area contributed by atoms with E-state index in [2.05, 4.69) is 21.2 Å². The second-order valence-electron chi connectivity index (χ2n) is 4.27. The lowest BCUT2D eigenvalue weighted by atomic mass is 10.3. The molecule has 0 saturated heterocycles. The summed E-state index contributed by atoms with van der Waals surface area (Å²) in [6.07, 6.45) is 1.80. The molecule has 1 aromatic heterocycles. The lowest BCUT2D eigenvalue weighted by Crippen LogP contribution is -2.24. The number of nitrogens with one attached hydrogen (secondary N) is 1. The smallest absolute Gasteiger partial charge is 0.253 e. The Hall–Kier alpha value is -1.26. The lowest BCUT2D eigenvalue weighted by Gasteiger charge is -2.10. The zero-order valence-corrected chi connectivity index (χ0v) is 12.8. The highest BCUT2D eigenvalue weighted by Gasteiger charge is 2.01. The van der Waals surface area contributed by atoms with Crippen LogP contribution in [0.1, 0.15) is 5.56 Å². The number of hydrogen-bond acceptors (Lipinski definition) is 2. The van der Waals surface area contributed by atoms with Crippen molar-refractivity contribution in [3.05, 3.63) is 61.9 Å². The normalized spacial score (nSPS) is 10.5. The van der Waals surface area contributed by atoms with Gasteiger partial charge in [-0.2, -0.15) is 0 Å². The number of aryl methyl sites for hydroxylation is 1. The van der Waals surface area contributed by atoms with E-state index in [-0.39, 0.29) is 5.56 Å². The molecule has 1 heterocycles. The molecule has 0 unspecified atom stereocenters. The minimum absolute atomic E-state index is 0.0427. The first-order valence-electron chi connectivity index (χ1n) is 5.92. The Bertz CT molecular complexity index is 622. The Morgan fingerprint density at radius 3 is 2.68 bits per heavy atom. The van der Waals surface area contributed by atoms with E-state index in [0.717, 1.165) is 15.7 Å². The van der Waals surface area contributed by atoms with Crippen LogP contribution in [0, 0.1) is 6.92 Å². The molecule has 0 saturated carbocycles. The van der Waals surface area contributed by atoms with E-state index in [1.807, 2.05) is 37.3 Å². The molecule has 0 bridgehead atoms. The average molecular weight is 342 g/mol. The van der Waals surface area contributed by atoms with Crippen LogP contribution >= 0.6 is 27.5 Å². The molecule has 0 fully saturated rings. The maximum Gasteiger partial charge on any atom is 0.253 e. The van der Waals surface area contributed by atoms with Crippen molar-refractivity contribution in [1.29, 1.82) is 0 Å². The first-order valence-corrected chi connectivity index (χ1v) is 7.09. The number of nitrogens with zero attached hydrogens (tertiary/aromatic N) is 1. The molecular weight excluding hydrogens is 328 g/mol. The molecule has 0 amide bonds. The fourth-order valence-corrected chi connectivity index (χ4v) is 2.51. The number of pyridine rings is 1. The highest BCUT2D eigenvalue weighted by atomic mass is 79.9. The first-order chi connectivity index (χ1) is 9.06. The van der Waals surface area contributed by atoms with Crippen molar-refractivity contribution in [2.24, 2.45) is 0 Å². The van der Waals surface area contributed by atoms with Gasteiger partial charge in [-0.15, -0.1) is 0 Å². The van der Waals surface area contributed by atoms with Crippen LogP contribution in [0.2, 0.25) is 5.02 Å². The third-order valence-corrected chi connectivity index (χ3v) is 3.44. The third-order valence-electron chi connectivity index (χ3n) is 2.76. The minimum Gasteiger partial charge on any atom is -0.383 e. The molecule has 0 spiro atoms. The lowest BCUT2D eigenvalue weighted by molar-refractivity contribution is 0.690. The number of halogens is 2. The van der Waals surface area contributed by atoms with Crippen molar-refractivity contribution in [3.8, 4) is 0 Å². The molecule has 0 atom stereocenters. The summed E-state index contributed by atoms with van der Waals surface area (Å²) < 4.78 is 2.61. The predicted octanol–water partition coefficient (Wildman–Crippen LogP) is 3.68. The molecule has 19 heavy (non-hydrogen) atoms. The summed E-state index contributed by atoms with van der Waals surface area (Å²) in [4.78, 5) is 11.9. The van der Waals surface area contributed by atoms with Gasteiger partial charge in [-0.25, -0.2) is 0 Å². The quantitative estimate of drug-likeness (QED) is 0.920. The van der Waals surface area contributed by atoms with Gasteiger partial charge in [0.25, 0.3) is 5.56 Å². The summed E-state index contributed by atoms with van der Waals surface area (Å²) in [6.45, 7) is 3.11. The van der Waals surface area contributed by atoms with Gasteiger partial charge in [-0.1, -0.05) is 11.6 Å². The molecule has 0 aliphatic rings. The fraction of sp³-hybridized carbons (Fsp3) is 0.214. The summed E-state index contributed by atoms with van der Waals surface area (Å²) in [7, 11) is 0. The monoisotopic (exact) mass is 340 g/mol. The van der Waals surface area contributed by atoms with E-state index < -0.39 is 0 Å². The average Bonchev–Trinajstić information content (AvgIpc) is 2.37. The Morgan fingerprint density at radius 1 is 1.32 bits per heavy atom. The summed E-state index contributed by atoms with van der Waals surface area (Å²) in [5, 5.41) is 3.97.